The van der Waals surface area contributed by atoms with Crippen molar-refractivity contribution >= 4 is 49.6 Å². The van der Waals surface area contributed by atoms with Crippen LogP contribution < -0.4 is 25.6 Å². The molecule has 0 atom stereocenters. The van der Waals surface area contributed by atoms with Gasteiger partial charge in [-0.3, -0.25) is 0 Å². The summed E-state index contributed by atoms with van der Waals surface area (Å²) in [5.41, 5.74) is 9.71. The fraction of sp³-hybridized carbons (Fsp3) is 0.280. The van der Waals surface area contributed by atoms with Crippen molar-refractivity contribution in [3.05, 3.63) is 60.8 Å². The molecule has 3 N–H and O–H groups in total. The number of pyridine rings is 1. The van der Waals surface area contributed by atoms with Gasteiger partial charge in [-0.25, -0.2) is 9.97 Å². The Morgan fingerprint density at radius 3 is 2.58 bits per heavy atom. The number of nitrogens with one attached hydrogen (secondary N) is 1. The summed E-state index contributed by atoms with van der Waals surface area (Å²) in [5.74, 6) is 1.81. The van der Waals surface area contributed by atoms with Crippen LogP contribution in [0.1, 0.15) is 13.8 Å². The Bertz CT molecular complexity index is 1230. The Kier molecular flexibility index (Phi) is 5.92. The zero-order chi connectivity index (χ0) is 22.8. The van der Waals surface area contributed by atoms with E-state index in [0.717, 1.165) is 58.8 Å². The first-order valence-corrected chi connectivity index (χ1v) is 12.0. The molecule has 5 rings (SSSR count). The van der Waals surface area contributed by atoms with Crippen molar-refractivity contribution < 1.29 is 4.74 Å². The minimum Gasteiger partial charge on any atom is -0.489 e. The van der Waals surface area contributed by atoms with Crippen LogP contribution in [0.5, 0.6) is 5.75 Å². The molecule has 4 aromatic rings. The van der Waals surface area contributed by atoms with Gasteiger partial charge in [0.2, 0.25) is 0 Å². The van der Waals surface area contributed by atoms with Crippen LogP contribution in [0, 0.1) is 0 Å². The number of ether oxygens (including phenoxy) is 1. The number of fused-ring (bicyclic) bond motifs is 1. The summed E-state index contributed by atoms with van der Waals surface area (Å²) in [4.78, 5) is 14.1. The maximum Gasteiger partial charge on any atom is 0.188 e. The standard InChI is InChI=1S/C25H28N6OS/c1-17(2)32-22-8-6-18(26)15-20(22)28-25-29-21-16-19(7-9-23(21)33-25)30-11-13-31(14-12-30)24-5-3-4-10-27-24/h3-10,15-17H,11-14,26H2,1-2H3,(H,28,29). The summed E-state index contributed by atoms with van der Waals surface area (Å²) >= 11 is 1.62. The van der Waals surface area contributed by atoms with E-state index >= 15 is 0 Å². The number of aromatic nitrogens is 2. The molecule has 1 saturated heterocycles. The molecular formula is C25H28N6OS. The summed E-state index contributed by atoms with van der Waals surface area (Å²) in [6.45, 7) is 7.83. The smallest absolute Gasteiger partial charge is 0.188 e. The molecule has 0 saturated carbocycles. The highest BCUT2D eigenvalue weighted by Crippen LogP contribution is 2.35. The third-order valence-corrected chi connectivity index (χ3v) is 6.55. The summed E-state index contributed by atoms with van der Waals surface area (Å²) in [5, 5.41) is 4.23. The molecule has 33 heavy (non-hydrogen) atoms. The van der Waals surface area contributed by atoms with E-state index in [1.807, 2.05) is 50.4 Å². The Morgan fingerprint density at radius 1 is 1.00 bits per heavy atom. The molecule has 0 bridgehead atoms. The van der Waals surface area contributed by atoms with Crippen LogP contribution in [0.25, 0.3) is 10.2 Å². The van der Waals surface area contributed by atoms with Crippen molar-refractivity contribution in [1.82, 2.24) is 9.97 Å². The zero-order valence-electron chi connectivity index (χ0n) is 18.9. The predicted octanol–water partition coefficient (Wildman–Crippen LogP) is 5.13. The van der Waals surface area contributed by atoms with Crippen molar-refractivity contribution in [3.8, 4) is 5.75 Å². The number of nitrogens with zero attached hydrogens (tertiary/aromatic N) is 4. The highest BCUT2D eigenvalue weighted by Gasteiger charge is 2.19. The van der Waals surface area contributed by atoms with Crippen LogP contribution in [0.2, 0.25) is 0 Å². The highest BCUT2D eigenvalue weighted by molar-refractivity contribution is 7.22. The lowest BCUT2D eigenvalue weighted by molar-refractivity contribution is 0.244. The molecule has 1 aliphatic rings. The van der Waals surface area contributed by atoms with E-state index < -0.39 is 0 Å². The fourth-order valence-electron chi connectivity index (χ4n) is 4.02. The molecule has 8 heteroatoms. The summed E-state index contributed by atoms with van der Waals surface area (Å²) < 4.78 is 7.07. The molecule has 2 aromatic carbocycles. The average molecular weight is 461 g/mol. The fourth-order valence-corrected chi connectivity index (χ4v) is 4.88. The van der Waals surface area contributed by atoms with Crippen LogP contribution in [-0.4, -0.2) is 42.3 Å². The molecule has 1 fully saturated rings. The number of hydrogen-bond acceptors (Lipinski definition) is 8. The summed E-state index contributed by atoms with van der Waals surface area (Å²) in [6.07, 6.45) is 1.93. The van der Waals surface area contributed by atoms with E-state index in [2.05, 4.69) is 44.4 Å². The quantitative estimate of drug-likeness (QED) is 0.386. The molecule has 0 unspecified atom stereocenters. The van der Waals surface area contributed by atoms with E-state index in [4.69, 9.17) is 15.5 Å². The van der Waals surface area contributed by atoms with Crippen molar-refractivity contribution in [3.63, 3.8) is 0 Å². The first kappa shape index (κ1) is 21.3. The van der Waals surface area contributed by atoms with Gasteiger partial charge in [0, 0.05) is 43.8 Å². The van der Waals surface area contributed by atoms with Crippen molar-refractivity contribution in [1.29, 1.82) is 0 Å². The van der Waals surface area contributed by atoms with Gasteiger partial charge in [-0.15, -0.1) is 0 Å². The van der Waals surface area contributed by atoms with Gasteiger partial charge in [0.15, 0.2) is 5.13 Å². The minimum absolute atomic E-state index is 0.0743. The van der Waals surface area contributed by atoms with Gasteiger partial charge in [-0.05, 0) is 62.4 Å². The number of piperazine rings is 1. The van der Waals surface area contributed by atoms with Gasteiger partial charge in [0.25, 0.3) is 0 Å². The Hall–Kier alpha value is -3.52. The monoisotopic (exact) mass is 460 g/mol. The van der Waals surface area contributed by atoms with Crippen LogP contribution >= 0.6 is 11.3 Å². The minimum atomic E-state index is 0.0743. The number of benzene rings is 2. The average Bonchev–Trinajstić information content (AvgIpc) is 3.23. The molecular weight excluding hydrogens is 432 g/mol. The van der Waals surface area contributed by atoms with Crippen LogP contribution in [-0.2, 0) is 0 Å². The number of anilines is 5. The molecule has 7 nitrogen and oxygen atoms in total. The van der Waals surface area contributed by atoms with Crippen LogP contribution in [0.15, 0.2) is 60.8 Å². The first-order valence-electron chi connectivity index (χ1n) is 11.2. The highest BCUT2D eigenvalue weighted by atomic mass is 32.1. The Labute approximate surface area is 197 Å². The SMILES string of the molecule is CC(C)Oc1ccc(N)cc1Nc1nc2cc(N3CCN(c4ccccn4)CC3)ccc2s1. The van der Waals surface area contributed by atoms with Gasteiger partial charge in [-0.1, -0.05) is 17.4 Å². The van der Waals surface area contributed by atoms with Crippen LogP contribution in [0.3, 0.4) is 0 Å². The van der Waals surface area contributed by atoms with Gasteiger partial charge in [-0.2, -0.15) is 0 Å². The third-order valence-electron chi connectivity index (χ3n) is 5.60. The third kappa shape index (κ3) is 4.80. The maximum absolute atomic E-state index is 6.01. The molecule has 0 aliphatic carbocycles. The molecule has 1 aliphatic heterocycles. The number of nitrogen functional groups attached to an aromatic ring is 1. The van der Waals surface area contributed by atoms with Gasteiger partial charge < -0.3 is 25.6 Å². The van der Waals surface area contributed by atoms with Crippen molar-refractivity contribution in [2.45, 2.75) is 20.0 Å². The van der Waals surface area contributed by atoms with E-state index in [9.17, 15) is 0 Å². The number of hydrogen-bond donors (Lipinski definition) is 2. The second-order valence-electron chi connectivity index (χ2n) is 8.38. The van der Waals surface area contributed by atoms with Gasteiger partial charge in [0.1, 0.15) is 11.6 Å². The number of rotatable bonds is 6. The number of nitrogens with two attached hydrogens (primary N) is 1. The Balaban J connectivity index is 1.31. The molecule has 170 valence electrons. The molecule has 3 heterocycles. The second-order valence-corrected chi connectivity index (χ2v) is 9.41. The lowest BCUT2D eigenvalue weighted by atomic mass is 10.2. The molecule has 0 spiro atoms. The van der Waals surface area contributed by atoms with E-state index in [1.54, 1.807) is 11.3 Å². The van der Waals surface area contributed by atoms with Crippen molar-refractivity contribution in [2.75, 3.05) is 47.0 Å². The van der Waals surface area contributed by atoms with Gasteiger partial charge in [0.05, 0.1) is 22.0 Å². The lowest BCUT2D eigenvalue weighted by Crippen LogP contribution is -2.46. The molecule has 0 radical (unpaired) electrons. The van der Waals surface area contributed by atoms with Crippen LogP contribution in [0.4, 0.5) is 28.0 Å². The van der Waals surface area contributed by atoms with E-state index in [1.165, 1.54) is 5.69 Å². The van der Waals surface area contributed by atoms with E-state index in [0.29, 0.717) is 5.69 Å². The van der Waals surface area contributed by atoms with E-state index in [-0.39, 0.29) is 6.10 Å². The summed E-state index contributed by atoms with van der Waals surface area (Å²) in [7, 11) is 0. The normalized spacial score (nSPS) is 14.2. The second kappa shape index (κ2) is 9.15. The van der Waals surface area contributed by atoms with Gasteiger partial charge >= 0.3 is 0 Å². The first-order chi connectivity index (χ1) is 16.0. The number of thiazole rings is 1. The Morgan fingerprint density at radius 2 is 1.82 bits per heavy atom. The predicted molar refractivity (Wildman–Crippen MR) is 138 cm³/mol. The molecule has 0 amide bonds. The topological polar surface area (TPSA) is 79.5 Å². The zero-order valence-corrected chi connectivity index (χ0v) is 19.7. The summed E-state index contributed by atoms with van der Waals surface area (Å²) in [6, 6.07) is 18.2. The lowest BCUT2D eigenvalue weighted by Gasteiger charge is -2.36. The maximum atomic E-state index is 6.01. The largest absolute Gasteiger partial charge is 0.489 e. The van der Waals surface area contributed by atoms with Crippen molar-refractivity contribution in [2.24, 2.45) is 0 Å². The molecule has 2 aromatic heterocycles.